The highest BCUT2D eigenvalue weighted by molar-refractivity contribution is 7.98. The lowest BCUT2D eigenvalue weighted by Crippen LogP contribution is -2.07. The van der Waals surface area contributed by atoms with Crippen LogP contribution in [0, 0.1) is 6.92 Å². The standard InChI is InChI=1S/C23H20N2O4S/c1-15-10-19(25-29-15)14-30-22-21(4-3-9-24-22)23(26)28-13-16-5-6-18-12-20(27-2)8-7-17(18)11-16/h3-12H,13-14H2,1-2H3. The molecule has 6 nitrogen and oxygen atoms in total. The Kier molecular flexibility index (Phi) is 5.99. The average molecular weight is 420 g/mol. The third-order valence-corrected chi connectivity index (χ3v) is 5.55. The van der Waals surface area contributed by atoms with Gasteiger partial charge in [0, 0.05) is 18.0 Å². The molecule has 0 bridgehead atoms. The summed E-state index contributed by atoms with van der Waals surface area (Å²) in [7, 11) is 1.65. The average Bonchev–Trinajstić information content (AvgIpc) is 3.20. The SMILES string of the molecule is COc1ccc2cc(COC(=O)c3cccnc3SCc3cc(C)on3)ccc2c1. The minimum atomic E-state index is -0.406. The van der Waals surface area contributed by atoms with Crippen molar-refractivity contribution < 1.29 is 18.8 Å². The largest absolute Gasteiger partial charge is 0.497 e. The van der Waals surface area contributed by atoms with Gasteiger partial charge in [-0.2, -0.15) is 0 Å². The fourth-order valence-corrected chi connectivity index (χ4v) is 3.87. The molecule has 0 radical (unpaired) electrons. The molecule has 0 unspecified atom stereocenters. The van der Waals surface area contributed by atoms with Crippen molar-refractivity contribution in [3.8, 4) is 5.75 Å². The van der Waals surface area contributed by atoms with Crippen molar-refractivity contribution in [1.82, 2.24) is 10.1 Å². The second kappa shape index (κ2) is 9.00. The predicted octanol–water partition coefficient (Wildman–Crippen LogP) is 5.19. The van der Waals surface area contributed by atoms with Crippen LogP contribution >= 0.6 is 11.8 Å². The number of fused-ring (bicyclic) bond motifs is 1. The molecule has 0 saturated carbocycles. The third kappa shape index (κ3) is 4.63. The number of thioether (sulfide) groups is 1. The first-order valence-electron chi connectivity index (χ1n) is 9.36. The minimum Gasteiger partial charge on any atom is -0.497 e. The summed E-state index contributed by atoms with van der Waals surface area (Å²) in [6.07, 6.45) is 1.66. The lowest BCUT2D eigenvalue weighted by Gasteiger charge is -2.09. The zero-order valence-electron chi connectivity index (χ0n) is 16.6. The van der Waals surface area contributed by atoms with Gasteiger partial charge in [-0.25, -0.2) is 9.78 Å². The van der Waals surface area contributed by atoms with E-state index < -0.39 is 5.97 Å². The maximum atomic E-state index is 12.7. The molecule has 4 aromatic rings. The molecule has 0 aliphatic heterocycles. The van der Waals surface area contributed by atoms with Crippen molar-refractivity contribution in [3.05, 3.63) is 83.4 Å². The monoisotopic (exact) mass is 420 g/mol. The fraction of sp³-hybridized carbons (Fsp3) is 0.174. The van der Waals surface area contributed by atoms with Crippen LogP contribution in [0.15, 0.2) is 70.3 Å². The van der Waals surface area contributed by atoms with Gasteiger partial charge in [0.2, 0.25) is 0 Å². The Bertz CT molecular complexity index is 1190. The first-order chi connectivity index (χ1) is 14.6. The molecule has 0 amide bonds. The van der Waals surface area contributed by atoms with Crippen LogP contribution in [0.5, 0.6) is 5.75 Å². The van der Waals surface area contributed by atoms with Crippen LogP contribution in [0.4, 0.5) is 0 Å². The quantitative estimate of drug-likeness (QED) is 0.301. The van der Waals surface area contributed by atoms with Gasteiger partial charge in [-0.3, -0.25) is 0 Å². The van der Waals surface area contributed by atoms with E-state index in [1.54, 1.807) is 25.4 Å². The van der Waals surface area contributed by atoms with Crippen LogP contribution in [-0.2, 0) is 17.1 Å². The van der Waals surface area contributed by atoms with Crippen LogP contribution in [-0.4, -0.2) is 23.2 Å². The first-order valence-corrected chi connectivity index (χ1v) is 10.3. The number of esters is 1. The summed E-state index contributed by atoms with van der Waals surface area (Å²) < 4.78 is 15.9. The Balaban J connectivity index is 1.43. The Labute approximate surface area is 178 Å². The molecule has 30 heavy (non-hydrogen) atoms. The number of hydrogen-bond donors (Lipinski definition) is 0. The van der Waals surface area contributed by atoms with Crippen molar-refractivity contribution >= 4 is 28.5 Å². The second-order valence-electron chi connectivity index (χ2n) is 6.70. The normalized spacial score (nSPS) is 10.9. The maximum Gasteiger partial charge on any atom is 0.341 e. The summed E-state index contributed by atoms with van der Waals surface area (Å²) >= 11 is 1.42. The molecule has 0 N–H and O–H groups in total. The molecule has 0 aliphatic carbocycles. The van der Waals surface area contributed by atoms with Crippen molar-refractivity contribution in [2.24, 2.45) is 0 Å². The fourth-order valence-electron chi connectivity index (χ4n) is 3.01. The zero-order chi connectivity index (χ0) is 20.9. The van der Waals surface area contributed by atoms with Crippen LogP contribution in [0.25, 0.3) is 10.8 Å². The molecule has 0 fully saturated rings. The Morgan fingerprint density at radius 2 is 1.93 bits per heavy atom. The first kappa shape index (κ1) is 20.0. The van der Waals surface area contributed by atoms with E-state index in [1.807, 2.05) is 49.4 Å². The zero-order valence-corrected chi connectivity index (χ0v) is 17.4. The molecule has 152 valence electrons. The van der Waals surface area contributed by atoms with Gasteiger partial charge in [-0.1, -0.05) is 35.1 Å². The number of nitrogens with zero attached hydrogens (tertiary/aromatic N) is 2. The van der Waals surface area contributed by atoms with E-state index in [2.05, 4.69) is 10.1 Å². The van der Waals surface area contributed by atoms with Gasteiger partial charge in [0.15, 0.2) is 0 Å². The molecule has 7 heteroatoms. The number of carbonyl (C=O) groups is 1. The topological polar surface area (TPSA) is 74.5 Å². The molecule has 2 aromatic carbocycles. The number of pyridine rings is 1. The number of aromatic nitrogens is 2. The predicted molar refractivity (Wildman–Crippen MR) is 115 cm³/mol. The molecule has 2 aromatic heterocycles. The lowest BCUT2D eigenvalue weighted by molar-refractivity contribution is 0.0467. The highest BCUT2D eigenvalue weighted by Gasteiger charge is 2.15. The Hall–Kier alpha value is -3.32. The second-order valence-corrected chi connectivity index (χ2v) is 7.66. The van der Waals surface area contributed by atoms with Crippen LogP contribution < -0.4 is 4.74 Å². The number of hydrogen-bond acceptors (Lipinski definition) is 7. The molecule has 0 atom stereocenters. The maximum absolute atomic E-state index is 12.7. The lowest BCUT2D eigenvalue weighted by atomic mass is 10.1. The highest BCUT2D eigenvalue weighted by Crippen LogP contribution is 2.26. The van der Waals surface area contributed by atoms with Gasteiger partial charge >= 0.3 is 5.97 Å². The number of aryl methyl sites for hydroxylation is 1. The van der Waals surface area contributed by atoms with Crippen molar-refractivity contribution in [2.45, 2.75) is 24.3 Å². The van der Waals surface area contributed by atoms with Crippen molar-refractivity contribution in [2.75, 3.05) is 7.11 Å². The Morgan fingerprint density at radius 3 is 2.73 bits per heavy atom. The summed E-state index contributed by atoms with van der Waals surface area (Å²) in [5, 5.41) is 6.70. The molecular formula is C23H20N2O4S. The van der Waals surface area contributed by atoms with E-state index in [0.29, 0.717) is 16.3 Å². The van der Waals surface area contributed by atoms with Crippen LogP contribution in [0.3, 0.4) is 0 Å². The minimum absolute atomic E-state index is 0.183. The van der Waals surface area contributed by atoms with Gasteiger partial charge in [0.05, 0.1) is 18.4 Å². The summed E-state index contributed by atoms with van der Waals surface area (Å²) in [6, 6.07) is 17.1. The van der Waals surface area contributed by atoms with Gasteiger partial charge in [0.1, 0.15) is 23.1 Å². The van der Waals surface area contributed by atoms with Gasteiger partial charge < -0.3 is 14.0 Å². The number of rotatable bonds is 7. The summed E-state index contributed by atoms with van der Waals surface area (Å²) in [5.41, 5.74) is 2.15. The molecule has 2 heterocycles. The van der Waals surface area contributed by atoms with Crippen molar-refractivity contribution in [3.63, 3.8) is 0 Å². The van der Waals surface area contributed by atoms with E-state index in [-0.39, 0.29) is 6.61 Å². The van der Waals surface area contributed by atoms with Gasteiger partial charge in [0.25, 0.3) is 0 Å². The summed E-state index contributed by atoms with van der Waals surface area (Å²) in [6.45, 7) is 2.02. The molecule has 0 spiro atoms. The number of carbonyl (C=O) groups excluding carboxylic acids is 1. The third-order valence-electron chi connectivity index (χ3n) is 4.51. The number of methoxy groups -OCH3 is 1. The van der Waals surface area contributed by atoms with Crippen LogP contribution in [0.2, 0.25) is 0 Å². The number of ether oxygens (including phenoxy) is 2. The smallest absolute Gasteiger partial charge is 0.341 e. The van der Waals surface area contributed by atoms with E-state index in [1.165, 1.54) is 11.8 Å². The molecular weight excluding hydrogens is 400 g/mol. The van der Waals surface area contributed by atoms with Crippen molar-refractivity contribution in [1.29, 1.82) is 0 Å². The summed E-state index contributed by atoms with van der Waals surface area (Å²) in [4.78, 5) is 17.0. The highest BCUT2D eigenvalue weighted by atomic mass is 32.2. The molecule has 4 rings (SSSR count). The number of benzene rings is 2. The molecule has 0 saturated heterocycles. The van der Waals surface area contributed by atoms with E-state index in [9.17, 15) is 4.79 Å². The van der Waals surface area contributed by atoms with E-state index in [4.69, 9.17) is 14.0 Å². The summed E-state index contributed by atoms with van der Waals surface area (Å²) in [5.74, 6) is 1.71. The molecule has 0 aliphatic rings. The van der Waals surface area contributed by atoms with Crippen LogP contribution in [0.1, 0.15) is 27.4 Å². The van der Waals surface area contributed by atoms with E-state index >= 15 is 0 Å². The Morgan fingerprint density at radius 1 is 1.10 bits per heavy atom. The van der Waals surface area contributed by atoms with E-state index in [0.717, 1.165) is 33.5 Å². The van der Waals surface area contributed by atoms with Gasteiger partial charge in [-0.15, -0.1) is 0 Å². The van der Waals surface area contributed by atoms with Gasteiger partial charge in [-0.05, 0) is 53.6 Å².